The minimum Gasteiger partial charge on any atom is -0.388 e. The van der Waals surface area contributed by atoms with Gasteiger partial charge in [-0.15, -0.1) is 0 Å². The molecule has 0 aliphatic rings. The van der Waals surface area contributed by atoms with Crippen molar-refractivity contribution >= 4 is 5.91 Å². The van der Waals surface area contributed by atoms with Gasteiger partial charge in [-0.1, -0.05) is 20.8 Å². The lowest BCUT2D eigenvalue weighted by atomic mass is 9.92. The summed E-state index contributed by atoms with van der Waals surface area (Å²) in [6.07, 6.45) is 0.701. The fourth-order valence-corrected chi connectivity index (χ4v) is 1.07. The molecular weight excluding hydrogens is 206 g/mol. The molecule has 0 saturated heterocycles. The second-order valence-corrected chi connectivity index (χ2v) is 4.91. The first-order chi connectivity index (χ1) is 7.31. The van der Waals surface area contributed by atoms with Crippen LogP contribution in [0, 0.1) is 11.8 Å². The van der Waals surface area contributed by atoms with Crippen molar-refractivity contribution in [2.75, 3.05) is 20.3 Å². The molecular formula is C12H25NO3. The molecule has 0 aliphatic carbocycles. The zero-order valence-corrected chi connectivity index (χ0v) is 11.0. The average molecular weight is 231 g/mol. The Balaban J connectivity index is 3.97. The van der Waals surface area contributed by atoms with Gasteiger partial charge < -0.3 is 15.2 Å². The average Bonchev–Trinajstić information content (AvgIpc) is 2.22. The van der Waals surface area contributed by atoms with Gasteiger partial charge in [0.2, 0.25) is 5.91 Å². The summed E-state index contributed by atoms with van der Waals surface area (Å²) in [4.78, 5) is 11.6. The molecule has 2 atom stereocenters. The number of rotatable bonds is 7. The van der Waals surface area contributed by atoms with E-state index < -0.39 is 5.60 Å². The largest absolute Gasteiger partial charge is 0.388 e. The van der Waals surface area contributed by atoms with E-state index in [1.165, 1.54) is 0 Å². The van der Waals surface area contributed by atoms with Gasteiger partial charge >= 0.3 is 0 Å². The maximum absolute atomic E-state index is 11.6. The Morgan fingerprint density at radius 3 is 2.44 bits per heavy atom. The summed E-state index contributed by atoms with van der Waals surface area (Å²) in [5.74, 6) is 0.00275. The molecule has 2 N–H and O–H groups in total. The third-order valence-corrected chi connectivity index (χ3v) is 3.07. The van der Waals surface area contributed by atoms with E-state index in [0.29, 0.717) is 19.6 Å². The van der Waals surface area contributed by atoms with Crippen LogP contribution in [0.15, 0.2) is 0 Å². The fourth-order valence-electron chi connectivity index (χ4n) is 1.07. The van der Waals surface area contributed by atoms with Gasteiger partial charge in [-0.25, -0.2) is 0 Å². The molecule has 2 unspecified atom stereocenters. The number of carbonyl (C=O) groups excluding carboxylic acids is 1. The van der Waals surface area contributed by atoms with Gasteiger partial charge in [0.15, 0.2) is 0 Å². The predicted molar refractivity (Wildman–Crippen MR) is 64.1 cm³/mol. The summed E-state index contributed by atoms with van der Waals surface area (Å²) < 4.78 is 4.92. The number of nitrogens with one attached hydrogen (secondary N) is 1. The molecule has 0 fully saturated rings. The SMILES string of the molecule is COCCC(C)C(=O)NCC(C)(O)C(C)C. The standard InChI is InChI=1S/C12H25NO3/c1-9(2)12(4,15)8-13-11(14)10(3)6-7-16-5/h9-10,15H,6-8H2,1-5H3,(H,13,14). The second-order valence-electron chi connectivity index (χ2n) is 4.91. The zero-order valence-electron chi connectivity index (χ0n) is 11.0. The van der Waals surface area contributed by atoms with Crippen LogP contribution < -0.4 is 5.32 Å². The number of carbonyl (C=O) groups is 1. The summed E-state index contributed by atoms with van der Waals surface area (Å²) in [6, 6.07) is 0. The molecule has 0 aromatic carbocycles. The maximum atomic E-state index is 11.6. The second kappa shape index (κ2) is 6.86. The van der Waals surface area contributed by atoms with Crippen molar-refractivity contribution in [3.63, 3.8) is 0 Å². The van der Waals surface area contributed by atoms with Gasteiger partial charge in [-0.05, 0) is 19.3 Å². The monoisotopic (exact) mass is 231 g/mol. The number of hydrogen-bond acceptors (Lipinski definition) is 3. The van der Waals surface area contributed by atoms with E-state index in [1.54, 1.807) is 14.0 Å². The van der Waals surface area contributed by atoms with Crippen LogP contribution in [0.1, 0.15) is 34.1 Å². The van der Waals surface area contributed by atoms with E-state index in [2.05, 4.69) is 5.32 Å². The van der Waals surface area contributed by atoms with Crippen molar-refractivity contribution in [1.82, 2.24) is 5.32 Å². The van der Waals surface area contributed by atoms with Gasteiger partial charge in [-0.2, -0.15) is 0 Å². The van der Waals surface area contributed by atoms with Crippen molar-refractivity contribution in [3.8, 4) is 0 Å². The molecule has 0 saturated carbocycles. The van der Waals surface area contributed by atoms with Crippen molar-refractivity contribution in [1.29, 1.82) is 0 Å². The smallest absolute Gasteiger partial charge is 0.223 e. The molecule has 0 spiro atoms. The van der Waals surface area contributed by atoms with E-state index in [0.717, 1.165) is 0 Å². The van der Waals surface area contributed by atoms with Crippen LogP contribution >= 0.6 is 0 Å². The minimum absolute atomic E-state index is 0.0297. The van der Waals surface area contributed by atoms with Crippen LogP contribution in [-0.4, -0.2) is 36.9 Å². The third kappa shape index (κ3) is 5.47. The van der Waals surface area contributed by atoms with Crippen LogP contribution in [-0.2, 0) is 9.53 Å². The number of aliphatic hydroxyl groups is 1. The van der Waals surface area contributed by atoms with Gasteiger partial charge in [0, 0.05) is 26.2 Å². The first-order valence-corrected chi connectivity index (χ1v) is 5.80. The normalized spacial score (nSPS) is 16.9. The Morgan fingerprint density at radius 1 is 1.44 bits per heavy atom. The number of methoxy groups -OCH3 is 1. The van der Waals surface area contributed by atoms with Crippen molar-refractivity contribution < 1.29 is 14.6 Å². The number of amides is 1. The zero-order chi connectivity index (χ0) is 12.8. The first kappa shape index (κ1) is 15.4. The van der Waals surface area contributed by atoms with Gasteiger partial charge in [0.05, 0.1) is 5.60 Å². The molecule has 0 aromatic heterocycles. The van der Waals surface area contributed by atoms with Crippen molar-refractivity contribution in [3.05, 3.63) is 0 Å². The molecule has 4 heteroatoms. The summed E-state index contributed by atoms with van der Waals surface area (Å²) in [7, 11) is 1.62. The molecule has 0 aromatic rings. The van der Waals surface area contributed by atoms with Crippen LogP contribution in [0.2, 0.25) is 0 Å². The van der Waals surface area contributed by atoms with E-state index in [4.69, 9.17) is 4.74 Å². The van der Waals surface area contributed by atoms with E-state index in [9.17, 15) is 9.90 Å². The Hall–Kier alpha value is -0.610. The fraction of sp³-hybridized carbons (Fsp3) is 0.917. The Labute approximate surface area is 98.4 Å². The lowest BCUT2D eigenvalue weighted by Crippen LogP contribution is -2.45. The van der Waals surface area contributed by atoms with Crippen LogP contribution in [0.3, 0.4) is 0 Å². The Morgan fingerprint density at radius 2 is 2.00 bits per heavy atom. The summed E-state index contributed by atoms with van der Waals surface area (Å²) in [5.41, 5.74) is -0.851. The maximum Gasteiger partial charge on any atom is 0.223 e. The Bertz CT molecular complexity index is 214. The highest BCUT2D eigenvalue weighted by atomic mass is 16.5. The lowest BCUT2D eigenvalue weighted by molar-refractivity contribution is -0.126. The molecule has 0 radical (unpaired) electrons. The van der Waals surface area contributed by atoms with Gasteiger partial charge in [0.25, 0.3) is 0 Å². The molecule has 4 nitrogen and oxygen atoms in total. The summed E-state index contributed by atoms with van der Waals surface area (Å²) in [5, 5.41) is 12.7. The Kier molecular flexibility index (Phi) is 6.60. The molecule has 0 heterocycles. The van der Waals surface area contributed by atoms with Crippen LogP contribution in [0.5, 0.6) is 0 Å². The predicted octanol–water partition coefficient (Wildman–Crippen LogP) is 1.18. The number of hydrogen-bond donors (Lipinski definition) is 2. The molecule has 0 bridgehead atoms. The summed E-state index contributed by atoms with van der Waals surface area (Å²) >= 11 is 0. The molecule has 1 amide bonds. The highest BCUT2D eigenvalue weighted by molar-refractivity contribution is 5.78. The van der Waals surface area contributed by atoms with E-state index >= 15 is 0 Å². The highest BCUT2D eigenvalue weighted by Crippen LogP contribution is 2.14. The van der Waals surface area contributed by atoms with Gasteiger partial charge in [0.1, 0.15) is 0 Å². The molecule has 16 heavy (non-hydrogen) atoms. The lowest BCUT2D eigenvalue weighted by Gasteiger charge is -2.28. The van der Waals surface area contributed by atoms with Crippen LogP contribution in [0.25, 0.3) is 0 Å². The van der Waals surface area contributed by atoms with Crippen LogP contribution in [0.4, 0.5) is 0 Å². The van der Waals surface area contributed by atoms with E-state index in [-0.39, 0.29) is 17.7 Å². The first-order valence-electron chi connectivity index (χ1n) is 5.80. The summed E-state index contributed by atoms with van der Waals surface area (Å²) in [6.45, 7) is 8.33. The number of ether oxygens (including phenoxy) is 1. The molecule has 0 rings (SSSR count). The minimum atomic E-state index is -0.851. The molecule has 0 aliphatic heterocycles. The highest BCUT2D eigenvalue weighted by Gasteiger charge is 2.26. The van der Waals surface area contributed by atoms with E-state index in [1.807, 2.05) is 20.8 Å². The third-order valence-electron chi connectivity index (χ3n) is 3.07. The quantitative estimate of drug-likeness (QED) is 0.692. The molecule has 96 valence electrons. The van der Waals surface area contributed by atoms with Crippen molar-refractivity contribution in [2.24, 2.45) is 11.8 Å². The topological polar surface area (TPSA) is 58.6 Å². The van der Waals surface area contributed by atoms with Crippen molar-refractivity contribution in [2.45, 2.75) is 39.7 Å². The van der Waals surface area contributed by atoms with Gasteiger partial charge in [-0.3, -0.25) is 4.79 Å².